The average molecular weight is 141 g/mol. The molecule has 0 spiro atoms. The van der Waals surface area contributed by atoms with Gasteiger partial charge < -0.3 is 15.4 Å². The molecule has 0 aliphatic rings. The van der Waals surface area contributed by atoms with E-state index in [1.807, 2.05) is 0 Å². The van der Waals surface area contributed by atoms with Crippen molar-refractivity contribution in [2.45, 2.75) is 6.29 Å². The van der Waals surface area contributed by atoms with Crippen molar-refractivity contribution in [2.24, 2.45) is 0 Å². The molecular weight excluding hydrogens is 134 g/mol. The first-order valence-electron chi connectivity index (χ1n) is 2.75. The molecular formula is C6H7NO3. The quantitative estimate of drug-likeness (QED) is 0.309. The van der Waals surface area contributed by atoms with Gasteiger partial charge in [0.25, 0.3) is 0 Å². The van der Waals surface area contributed by atoms with Crippen LogP contribution in [0.25, 0.3) is 0 Å². The number of hydrogen-bond acceptors (Lipinski definition) is 3. The first-order chi connectivity index (χ1) is 4.70. The molecule has 0 fully saturated rings. The lowest BCUT2D eigenvalue weighted by Gasteiger charge is -2.01. The van der Waals surface area contributed by atoms with E-state index in [0.29, 0.717) is 4.73 Å². The van der Waals surface area contributed by atoms with Crippen LogP contribution in [0.4, 0.5) is 0 Å². The Labute approximate surface area is 57.6 Å². The number of aromatic nitrogens is 1. The third kappa shape index (κ3) is 1.43. The summed E-state index contributed by atoms with van der Waals surface area (Å²) in [6, 6.07) is 2.90. The molecule has 1 rings (SSSR count). The van der Waals surface area contributed by atoms with E-state index < -0.39 is 6.29 Å². The zero-order valence-corrected chi connectivity index (χ0v) is 5.14. The Hall–Kier alpha value is -1.13. The molecule has 0 aliphatic heterocycles. The fraction of sp³-hybridized carbons (Fsp3) is 0.167. The Morgan fingerprint density at radius 3 is 2.60 bits per heavy atom. The van der Waals surface area contributed by atoms with Gasteiger partial charge in [-0.3, -0.25) is 0 Å². The second-order valence-corrected chi connectivity index (χ2v) is 1.87. The van der Waals surface area contributed by atoms with E-state index in [0.717, 1.165) is 6.20 Å². The molecule has 4 nitrogen and oxygen atoms in total. The standard InChI is InChI=1S/C6H7NO3/c8-6(9)5-2-1-3-7(10)4-5/h1-4,6,8-9H. The largest absolute Gasteiger partial charge is 0.619 e. The van der Waals surface area contributed by atoms with E-state index in [4.69, 9.17) is 10.2 Å². The predicted octanol–water partition coefficient (Wildman–Crippen LogP) is -0.697. The van der Waals surface area contributed by atoms with Gasteiger partial charge in [-0.25, -0.2) is 0 Å². The van der Waals surface area contributed by atoms with E-state index in [2.05, 4.69) is 0 Å². The summed E-state index contributed by atoms with van der Waals surface area (Å²) in [4.78, 5) is 0. The van der Waals surface area contributed by atoms with Crippen LogP contribution in [0.5, 0.6) is 0 Å². The van der Waals surface area contributed by atoms with Crippen LogP contribution in [-0.2, 0) is 0 Å². The van der Waals surface area contributed by atoms with Crippen molar-refractivity contribution in [3.63, 3.8) is 0 Å². The van der Waals surface area contributed by atoms with Gasteiger partial charge in [-0.05, 0) is 6.07 Å². The molecule has 1 aromatic rings. The van der Waals surface area contributed by atoms with Crippen molar-refractivity contribution in [3.05, 3.63) is 35.3 Å². The fourth-order valence-corrected chi connectivity index (χ4v) is 0.625. The molecule has 0 bridgehead atoms. The summed E-state index contributed by atoms with van der Waals surface area (Å²) >= 11 is 0. The molecule has 1 heterocycles. The topological polar surface area (TPSA) is 67.4 Å². The van der Waals surface area contributed by atoms with Gasteiger partial charge in [-0.1, -0.05) is 0 Å². The lowest BCUT2D eigenvalue weighted by atomic mass is 10.3. The summed E-state index contributed by atoms with van der Waals surface area (Å²) in [5.41, 5.74) is 0.192. The lowest BCUT2D eigenvalue weighted by molar-refractivity contribution is -0.606. The van der Waals surface area contributed by atoms with Gasteiger partial charge in [0.2, 0.25) is 0 Å². The molecule has 0 saturated carbocycles. The monoisotopic (exact) mass is 141 g/mol. The molecule has 0 atom stereocenters. The number of rotatable bonds is 1. The Balaban J connectivity index is 2.96. The highest BCUT2D eigenvalue weighted by Gasteiger charge is 2.03. The normalized spacial score (nSPS) is 10.3. The van der Waals surface area contributed by atoms with Crippen LogP contribution in [0.15, 0.2) is 24.5 Å². The van der Waals surface area contributed by atoms with E-state index in [1.54, 1.807) is 0 Å². The van der Waals surface area contributed by atoms with Gasteiger partial charge in [0.05, 0.1) is 5.56 Å². The molecule has 0 unspecified atom stereocenters. The average Bonchev–Trinajstić information content (AvgIpc) is 1.88. The minimum absolute atomic E-state index is 0.192. The van der Waals surface area contributed by atoms with Crippen molar-refractivity contribution < 1.29 is 14.9 Å². The highest BCUT2D eigenvalue weighted by Crippen LogP contribution is 2.03. The zero-order chi connectivity index (χ0) is 7.56. The van der Waals surface area contributed by atoms with Crippen LogP contribution in [0.3, 0.4) is 0 Å². The minimum atomic E-state index is -1.57. The summed E-state index contributed by atoms with van der Waals surface area (Å²) in [6.45, 7) is 0. The zero-order valence-electron chi connectivity index (χ0n) is 5.14. The molecule has 1 aromatic heterocycles. The molecule has 0 saturated heterocycles. The van der Waals surface area contributed by atoms with Crippen LogP contribution in [0, 0.1) is 5.21 Å². The van der Waals surface area contributed by atoms with Crippen LogP contribution >= 0.6 is 0 Å². The van der Waals surface area contributed by atoms with Crippen molar-refractivity contribution in [1.29, 1.82) is 0 Å². The minimum Gasteiger partial charge on any atom is -0.619 e. The lowest BCUT2D eigenvalue weighted by Crippen LogP contribution is -2.25. The molecule has 2 N–H and O–H groups in total. The van der Waals surface area contributed by atoms with Gasteiger partial charge in [-0.2, -0.15) is 4.73 Å². The molecule has 0 aromatic carbocycles. The Bertz CT molecular complexity index is 224. The van der Waals surface area contributed by atoms with Crippen molar-refractivity contribution >= 4 is 0 Å². The number of aliphatic hydroxyl groups excluding tert-OH is 1. The van der Waals surface area contributed by atoms with Crippen LogP contribution < -0.4 is 4.73 Å². The SMILES string of the molecule is [O-][n+]1cccc(C(O)O)c1. The highest BCUT2D eigenvalue weighted by molar-refractivity contribution is 5.05. The van der Waals surface area contributed by atoms with Crippen LogP contribution in [0.2, 0.25) is 0 Å². The number of nitrogens with zero attached hydrogens (tertiary/aromatic N) is 1. The molecule has 0 amide bonds. The van der Waals surface area contributed by atoms with Gasteiger partial charge in [-0.15, -0.1) is 0 Å². The summed E-state index contributed by atoms with van der Waals surface area (Å²) < 4.78 is 0.509. The van der Waals surface area contributed by atoms with Crippen LogP contribution in [-0.4, -0.2) is 10.2 Å². The van der Waals surface area contributed by atoms with Crippen LogP contribution in [0.1, 0.15) is 11.9 Å². The number of aliphatic hydroxyl groups is 2. The number of hydrogen-bond donors (Lipinski definition) is 2. The molecule has 0 aliphatic carbocycles. The second-order valence-electron chi connectivity index (χ2n) is 1.87. The smallest absolute Gasteiger partial charge is 0.188 e. The third-order valence-electron chi connectivity index (χ3n) is 1.10. The van der Waals surface area contributed by atoms with Crippen molar-refractivity contribution in [1.82, 2.24) is 0 Å². The summed E-state index contributed by atoms with van der Waals surface area (Å²) in [7, 11) is 0. The third-order valence-corrected chi connectivity index (χ3v) is 1.10. The fourth-order valence-electron chi connectivity index (χ4n) is 0.625. The Morgan fingerprint density at radius 1 is 1.50 bits per heavy atom. The van der Waals surface area contributed by atoms with E-state index in [1.165, 1.54) is 18.3 Å². The van der Waals surface area contributed by atoms with Gasteiger partial charge in [0.15, 0.2) is 18.7 Å². The number of pyridine rings is 1. The van der Waals surface area contributed by atoms with E-state index in [9.17, 15) is 5.21 Å². The first-order valence-corrected chi connectivity index (χ1v) is 2.75. The maximum absolute atomic E-state index is 10.5. The van der Waals surface area contributed by atoms with Crippen molar-refractivity contribution in [2.75, 3.05) is 0 Å². The maximum atomic E-state index is 10.5. The van der Waals surface area contributed by atoms with E-state index >= 15 is 0 Å². The van der Waals surface area contributed by atoms with Gasteiger partial charge in [0.1, 0.15) is 0 Å². The Kier molecular flexibility index (Phi) is 1.84. The predicted molar refractivity (Wildman–Crippen MR) is 32.6 cm³/mol. The summed E-state index contributed by atoms with van der Waals surface area (Å²) in [5.74, 6) is 0. The molecule has 54 valence electrons. The van der Waals surface area contributed by atoms with Gasteiger partial charge >= 0.3 is 0 Å². The maximum Gasteiger partial charge on any atom is 0.188 e. The van der Waals surface area contributed by atoms with Crippen molar-refractivity contribution in [3.8, 4) is 0 Å². The molecule has 0 radical (unpaired) electrons. The second kappa shape index (κ2) is 2.64. The first kappa shape index (κ1) is 6.98. The van der Waals surface area contributed by atoms with Gasteiger partial charge in [0, 0.05) is 6.07 Å². The Morgan fingerprint density at radius 2 is 2.20 bits per heavy atom. The molecule has 4 heteroatoms. The van der Waals surface area contributed by atoms with E-state index in [-0.39, 0.29) is 5.56 Å². The summed E-state index contributed by atoms with van der Waals surface area (Å²) in [5, 5.41) is 27.6. The summed E-state index contributed by atoms with van der Waals surface area (Å²) in [6.07, 6.45) is 0.803. The molecule has 10 heavy (non-hydrogen) atoms. The highest BCUT2D eigenvalue weighted by atomic mass is 16.5.